The topological polar surface area (TPSA) is 236 Å². The van der Waals surface area contributed by atoms with Crippen LogP contribution in [0.4, 0.5) is 5.82 Å². The van der Waals surface area contributed by atoms with Gasteiger partial charge in [-0.05, 0) is 20.8 Å². The van der Waals surface area contributed by atoms with E-state index in [1.54, 1.807) is 6.07 Å². The molecule has 15 nitrogen and oxygen atoms in total. The van der Waals surface area contributed by atoms with Gasteiger partial charge in [0.2, 0.25) is 5.82 Å². The third-order valence-electron chi connectivity index (χ3n) is 4.49. The van der Waals surface area contributed by atoms with Gasteiger partial charge in [-0.1, -0.05) is 0 Å². The molecule has 2 aromatic rings. The number of aromatic nitrogens is 4. The Morgan fingerprint density at radius 1 is 1.36 bits per heavy atom. The number of ether oxygens (including phenoxy) is 3. The number of aliphatic hydroxyl groups excluding tert-OH is 2. The van der Waals surface area contributed by atoms with Gasteiger partial charge in [-0.25, -0.2) is 9.78 Å². The number of nitrogens with zero attached hydrogens (tertiary/aromatic N) is 5. The second kappa shape index (κ2) is 8.92. The number of esters is 1. The number of anilines is 1. The van der Waals surface area contributed by atoms with Crippen molar-refractivity contribution in [3.63, 3.8) is 0 Å². The van der Waals surface area contributed by atoms with Gasteiger partial charge in [-0.2, -0.15) is 15.2 Å². The van der Waals surface area contributed by atoms with Crippen LogP contribution in [0.15, 0.2) is 6.33 Å². The number of fused-ring (bicyclic) bond motifs is 1. The van der Waals surface area contributed by atoms with Crippen LogP contribution in [0.1, 0.15) is 32.8 Å². The third kappa shape index (κ3) is 5.28. The largest absolute Gasteiger partial charge is 0.458 e. The van der Waals surface area contributed by atoms with Gasteiger partial charge in [0, 0.05) is 0 Å². The quantitative estimate of drug-likeness (QED) is 0.237. The van der Waals surface area contributed by atoms with Crippen molar-refractivity contribution in [2.45, 2.75) is 56.8 Å². The van der Waals surface area contributed by atoms with Gasteiger partial charge >= 0.3 is 13.6 Å². The first kappa shape index (κ1) is 24.9. The van der Waals surface area contributed by atoms with Gasteiger partial charge in [0.15, 0.2) is 17.7 Å². The highest BCUT2D eigenvalue weighted by Crippen LogP contribution is 2.43. The summed E-state index contributed by atoms with van der Waals surface area (Å²) in [4.78, 5) is 43.0. The fourth-order valence-corrected chi connectivity index (χ4v) is 3.72. The van der Waals surface area contributed by atoms with E-state index in [9.17, 15) is 29.4 Å². The molecule has 1 fully saturated rings. The Labute approximate surface area is 186 Å². The van der Waals surface area contributed by atoms with Crippen LogP contribution in [-0.4, -0.2) is 81.9 Å². The maximum atomic E-state index is 12.2. The minimum absolute atomic E-state index is 0.0544. The SMILES string of the molecule is CC(C)(C)OC(=O)[C@H](OC[C@H]1O[C@@H](n2cnc3c(N)nc(C#N)nc32)[C@H](O)[C@@H]1O)P(=O)(O)O. The minimum atomic E-state index is -5.09. The fraction of sp³-hybridized carbons (Fsp3) is 0.588. The van der Waals surface area contributed by atoms with Gasteiger partial charge < -0.3 is 39.9 Å². The molecule has 0 bridgehead atoms. The van der Waals surface area contributed by atoms with Gasteiger partial charge in [0.25, 0.3) is 5.85 Å². The first-order chi connectivity index (χ1) is 15.2. The molecule has 5 atom stereocenters. The number of nitrogens with two attached hydrogens (primary N) is 1. The van der Waals surface area contributed by atoms with E-state index in [2.05, 4.69) is 15.0 Å². The molecule has 6 N–H and O–H groups in total. The monoisotopic (exact) mass is 486 g/mol. The second-order valence-electron chi connectivity index (χ2n) is 8.22. The standard InChI is InChI=1S/C17H23N6O9P/c1-17(2,3)32-15(26)16(33(27,28)29)30-5-7-10(24)11(25)14(31-7)23-6-20-9-12(19)21-8(4-18)22-13(9)23/h6-7,10-11,14,16,24-25H,5H2,1-3H3,(H2,19,21,22)(H2,27,28,29)/t7-,10-,11-,14-,16-/m1/s1. The highest BCUT2D eigenvalue weighted by Gasteiger charge is 2.47. The summed E-state index contributed by atoms with van der Waals surface area (Å²) >= 11 is 0. The molecular formula is C17H23N6O9P. The van der Waals surface area contributed by atoms with E-state index in [-0.39, 0.29) is 22.8 Å². The molecule has 3 rings (SSSR count). The molecule has 1 aliphatic heterocycles. The zero-order chi connectivity index (χ0) is 24.7. The van der Waals surface area contributed by atoms with Gasteiger partial charge in [-0.15, -0.1) is 0 Å². The van der Waals surface area contributed by atoms with E-state index in [1.165, 1.54) is 31.7 Å². The molecule has 1 saturated heterocycles. The minimum Gasteiger partial charge on any atom is -0.458 e. The van der Waals surface area contributed by atoms with Crippen LogP contribution >= 0.6 is 7.60 Å². The van der Waals surface area contributed by atoms with Crippen LogP contribution in [0.25, 0.3) is 11.2 Å². The molecule has 1 aliphatic rings. The molecule has 33 heavy (non-hydrogen) atoms. The maximum absolute atomic E-state index is 12.2. The van der Waals surface area contributed by atoms with Crippen molar-refractivity contribution in [3.05, 3.63) is 12.2 Å². The van der Waals surface area contributed by atoms with Crippen molar-refractivity contribution >= 4 is 30.5 Å². The summed E-state index contributed by atoms with van der Waals surface area (Å²) in [7, 11) is -5.09. The highest BCUT2D eigenvalue weighted by atomic mass is 31.2. The summed E-state index contributed by atoms with van der Waals surface area (Å²) in [5.41, 5.74) is 4.91. The number of nitriles is 1. The smallest absolute Gasteiger partial charge is 0.365 e. The summed E-state index contributed by atoms with van der Waals surface area (Å²) < 4.78 is 28.6. The lowest BCUT2D eigenvalue weighted by atomic mass is 10.1. The lowest BCUT2D eigenvalue weighted by Crippen LogP contribution is -2.38. The molecule has 0 spiro atoms. The Bertz CT molecular complexity index is 1140. The Kier molecular flexibility index (Phi) is 6.74. The number of imidazole rings is 1. The van der Waals surface area contributed by atoms with E-state index in [0.29, 0.717) is 0 Å². The van der Waals surface area contributed by atoms with E-state index in [0.717, 1.165) is 0 Å². The molecule has 0 aliphatic carbocycles. The van der Waals surface area contributed by atoms with E-state index >= 15 is 0 Å². The normalized spacial score (nSPS) is 24.5. The number of rotatable bonds is 6. The van der Waals surface area contributed by atoms with Crippen molar-refractivity contribution in [1.82, 2.24) is 19.5 Å². The Morgan fingerprint density at radius 3 is 2.61 bits per heavy atom. The maximum Gasteiger partial charge on any atom is 0.365 e. The van der Waals surface area contributed by atoms with Crippen molar-refractivity contribution in [2.24, 2.45) is 0 Å². The van der Waals surface area contributed by atoms with Crippen LogP contribution in [0.2, 0.25) is 0 Å². The number of carbonyl (C=O) groups is 1. The average molecular weight is 486 g/mol. The fourth-order valence-electron chi connectivity index (χ4n) is 3.11. The molecule has 0 aromatic carbocycles. The van der Waals surface area contributed by atoms with Crippen molar-refractivity contribution in [1.29, 1.82) is 5.26 Å². The first-order valence-electron chi connectivity index (χ1n) is 9.54. The first-order valence-corrected chi connectivity index (χ1v) is 11.2. The zero-order valence-corrected chi connectivity index (χ0v) is 18.7. The predicted octanol–water partition coefficient (Wildman–Crippen LogP) is -1.24. The molecule has 0 radical (unpaired) electrons. The Hall–Kier alpha value is -2.70. The lowest BCUT2D eigenvalue weighted by molar-refractivity contribution is -0.166. The van der Waals surface area contributed by atoms with E-state index in [1.807, 2.05) is 0 Å². The molecule has 0 saturated carbocycles. The number of aliphatic hydroxyl groups is 2. The van der Waals surface area contributed by atoms with Gasteiger partial charge in [0.1, 0.15) is 35.5 Å². The Balaban J connectivity index is 1.80. The number of nitrogen functional groups attached to an aromatic ring is 1. The highest BCUT2D eigenvalue weighted by molar-refractivity contribution is 7.53. The van der Waals surface area contributed by atoms with Crippen LogP contribution in [0, 0.1) is 11.3 Å². The number of hydrogen-bond acceptors (Lipinski definition) is 12. The zero-order valence-electron chi connectivity index (χ0n) is 17.8. The molecule has 180 valence electrons. The van der Waals surface area contributed by atoms with Gasteiger partial charge in [0.05, 0.1) is 12.9 Å². The Morgan fingerprint density at radius 2 is 2.03 bits per heavy atom. The summed E-state index contributed by atoms with van der Waals surface area (Å²) in [6.07, 6.45) is -4.48. The number of hydrogen-bond donors (Lipinski definition) is 5. The number of carbonyl (C=O) groups excluding carboxylic acids is 1. The summed E-state index contributed by atoms with van der Waals surface area (Å²) in [6, 6.07) is 1.74. The van der Waals surface area contributed by atoms with Crippen LogP contribution in [0.5, 0.6) is 0 Å². The summed E-state index contributed by atoms with van der Waals surface area (Å²) in [5.74, 6) is -3.89. The molecule has 2 aromatic heterocycles. The van der Waals surface area contributed by atoms with Crippen molar-refractivity contribution < 1.29 is 43.6 Å². The molecule has 0 unspecified atom stereocenters. The average Bonchev–Trinajstić information content (AvgIpc) is 3.22. The van der Waals surface area contributed by atoms with E-state index < -0.39 is 56.2 Å². The molecule has 3 heterocycles. The summed E-state index contributed by atoms with van der Waals surface area (Å²) in [5, 5.41) is 29.9. The summed E-state index contributed by atoms with van der Waals surface area (Å²) in [6.45, 7) is 3.86. The van der Waals surface area contributed by atoms with Gasteiger partial charge in [-0.3, -0.25) is 9.13 Å². The van der Waals surface area contributed by atoms with Crippen LogP contribution < -0.4 is 5.73 Å². The van der Waals surface area contributed by atoms with Crippen LogP contribution in [0.3, 0.4) is 0 Å². The molecule has 0 amide bonds. The molecule has 16 heteroatoms. The van der Waals surface area contributed by atoms with Crippen LogP contribution in [-0.2, 0) is 23.6 Å². The van der Waals surface area contributed by atoms with Crippen molar-refractivity contribution in [2.75, 3.05) is 12.3 Å². The lowest BCUT2D eigenvalue weighted by Gasteiger charge is -2.25. The second-order valence-corrected chi connectivity index (χ2v) is 9.87. The van der Waals surface area contributed by atoms with E-state index in [4.69, 9.17) is 25.2 Å². The van der Waals surface area contributed by atoms with Crippen molar-refractivity contribution in [3.8, 4) is 6.07 Å². The third-order valence-corrected chi connectivity index (χ3v) is 5.46. The molecular weight excluding hydrogens is 463 g/mol. The predicted molar refractivity (Wildman–Crippen MR) is 108 cm³/mol.